The molecule has 1 N–H and O–H groups in total. The fraction of sp³-hybridized carbons (Fsp3) is 0.350. The maximum absolute atomic E-state index is 11.7. The van der Waals surface area contributed by atoms with Crippen LogP contribution in [0, 0.1) is 5.92 Å². The summed E-state index contributed by atoms with van der Waals surface area (Å²) in [5, 5.41) is 7.08. The Morgan fingerprint density at radius 1 is 1.23 bits per heavy atom. The number of aromatic nitrogens is 2. The van der Waals surface area contributed by atoms with Gasteiger partial charge in [-0.1, -0.05) is 31.1 Å². The van der Waals surface area contributed by atoms with Gasteiger partial charge in [0.25, 0.3) is 5.89 Å². The van der Waals surface area contributed by atoms with E-state index in [9.17, 15) is 4.79 Å². The van der Waals surface area contributed by atoms with E-state index in [2.05, 4.69) is 41.4 Å². The maximum Gasteiger partial charge on any atom is 0.258 e. The van der Waals surface area contributed by atoms with E-state index in [4.69, 9.17) is 4.52 Å². The molecule has 0 spiro atoms. The third-order valence-corrected chi connectivity index (χ3v) is 5.60. The molecule has 0 saturated heterocycles. The fourth-order valence-electron chi connectivity index (χ4n) is 2.71. The SMILES string of the molecule is CC(C)c1ccc(-c2nc(-c3ccc(CNC(=O)C4CC4)s3)no2)cc1. The molecule has 6 heteroatoms. The highest BCUT2D eigenvalue weighted by Gasteiger charge is 2.29. The number of rotatable bonds is 6. The van der Waals surface area contributed by atoms with E-state index in [0.29, 0.717) is 24.2 Å². The summed E-state index contributed by atoms with van der Waals surface area (Å²) in [5.74, 6) is 1.99. The lowest BCUT2D eigenvalue weighted by molar-refractivity contribution is -0.122. The number of carbonyl (C=O) groups is 1. The summed E-state index contributed by atoms with van der Waals surface area (Å²) in [6.45, 7) is 4.89. The maximum atomic E-state index is 11.7. The van der Waals surface area contributed by atoms with Crippen LogP contribution >= 0.6 is 11.3 Å². The van der Waals surface area contributed by atoms with Crippen LogP contribution in [-0.2, 0) is 11.3 Å². The fourth-order valence-corrected chi connectivity index (χ4v) is 3.58. The number of nitrogens with one attached hydrogen (secondary N) is 1. The lowest BCUT2D eigenvalue weighted by Gasteiger charge is -2.04. The average Bonchev–Trinajstić information content (AvgIpc) is 3.19. The Kier molecular flexibility index (Phi) is 4.59. The van der Waals surface area contributed by atoms with E-state index in [1.54, 1.807) is 11.3 Å². The molecule has 1 aliphatic carbocycles. The van der Waals surface area contributed by atoms with E-state index in [1.165, 1.54) is 5.56 Å². The van der Waals surface area contributed by atoms with E-state index < -0.39 is 0 Å². The van der Waals surface area contributed by atoms with Gasteiger partial charge in [0.05, 0.1) is 11.4 Å². The summed E-state index contributed by atoms with van der Waals surface area (Å²) in [6.07, 6.45) is 2.04. The van der Waals surface area contributed by atoms with Crippen LogP contribution in [0.5, 0.6) is 0 Å². The van der Waals surface area contributed by atoms with Crippen molar-refractivity contribution in [2.45, 2.75) is 39.2 Å². The molecule has 0 radical (unpaired) electrons. The van der Waals surface area contributed by atoms with E-state index in [1.807, 2.05) is 24.3 Å². The summed E-state index contributed by atoms with van der Waals surface area (Å²) in [7, 11) is 0. The van der Waals surface area contributed by atoms with Gasteiger partial charge in [0, 0.05) is 16.4 Å². The molecular formula is C20H21N3O2S. The second-order valence-corrected chi connectivity index (χ2v) is 8.13. The van der Waals surface area contributed by atoms with Gasteiger partial charge in [0.2, 0.25) is 11.7 Å². The van der Waals surface area contributed by atoms with Crippen molar-refractivity contribution in [1.82, 2.24) is 15.5 Å². The smallest absolute Gasteiger partial charge is 0.258 e. The van der Waals surface area contributed by atoms with Crippen LogP contribution in [0.15, 0.2) is 40.9 Å². The third kappa shape index (κ3) is 3.70. The van der Waals surface area contributed by atoms with Crippen molar-refractivity contribution in [1.29, 1.82) is 0 Å². The number of thiophene rings is 1. The monoisotopic (exact) mass is 367 g/mol. The van der Waals surface area contributed by atoms with Crippen molar-refractivity contribution in [2.24, 2.45) is 5.92 Å². The number of nitrogens with zero attached hydrogens (tertiary/aromatic N) is 2. The molecule has 0 atom stereocenters. The molecular weight excluding hydrogens is 346 g/mol. The Morgan fingerprint density at radius 3 is 2.69 bits per heavy atom. The van der Waals surface area contributed by atoms with Crippen LogP contribution in [0.2, 0.25) is 0 Å². The molecule has 1 saturated carbocycles. The molecule has 134 valence electrons. The molecule has 0 aliphatic heterocycles. The Hall–Kier alpha value is -2.47. The highest BCUT2D eigenvalue weighted by Crippen LogP contribution is 2.30. The number of benzene rings is 1. The van der Waals surface area contributed by atoms with Gasteiger partial charge in [-0.25, -0.2) is 0 Å². The van der Waals surface area contributed by atoms with Gasteiger partial charge in [0.1, 0.15) is 0 Å². The lowest BCUT2D eigenvalue weighted by atomic mass is 10.0. The minimum atomic E-state index is 0.159. The lowest BCUT2D eigenvalue weighted by Crippen LogP contribution is -2.23. The van der Waals surface area contributed by atoms with Crippen molar-refractivity contribution >= 4 is 17.2 Å². The normalized spacial score (nSPS) is 14.0. The molecule has 1 amide bonds. The largest absolute Gasteiger partial charge is 0.351 e. The summed E-state index contributed by atoms with van der Waals surface area (Å²) in [5.41, 5.74) is 2.20. The van der Waals surface area contributed by atoms with Crippen molar-refractivity contribution < 1.29 is 9.32 Å². The summed E-state index contributed by atoms with van der Waals surface area (Å²) < 4.78 is 5.43. The van der Waals surface area contributed by atoms with Gasteiger partial charge in [-0.2, -0.15) is 4.98 Å². The number of carbonyl (C=O) groups excluding carboxylic acids is 1. The molecule has 2 aromatic heterocycles. The first-order valence-electron chi connectivity index (χ1n) is 8.91. The molecule has 3 aromatic rings. The summed E-state index contributed by atoms with van der Waals surface area (Å²) in [4.78, 5) is 18.3. The third-order valence-electron chi connectivity index (χ3n) is 4.52. The first-order valence-corrected chi connectivity index (χ1v) is 9.72. The standard InChI is InChI=1S/C20H21N3O2S/c1-12(2)13-3-7-15(8-4-13)20-22-18(23-25-20)17-10-9-16(26-17)11-21-19(24)14-5-6-14/h3-4,7-10,12,14H,5-6,11H2,1-2H3,(H,21,24). The molecule has 1 fully saturated rings. The van der Waals surface area contributed by atoms with Gasteiger partial charge in [0.15, 0.2) is 0 Å². The van der Waals surface area contributed by atoms with Crippen molar-refractivity contribution in [3.05, 3.63) is 46.8 Å². The van der Waals surface area contributed by atoms with Gasteiger partial charge >= 0.3 is 0 Å². The Labute approximate surface area is 156 Å². The zero-order chi connectivity index (χ0) is 18.1. The first kappa shape index (κ1) is 17.0. The van der Waals surface area contributed by atoms with Crippen LogP contribution in [0.25, 0.3) is 22.2 Å². The predicted octanol–water partition coefficient (Wildman–Crippen LogP) is 4.61. The molecule has 1 aromatic carbocycles. The van der Waals surface area contributed by atoms with Crippen LogP contribution < -0.4 is 5.32 Å². The first-order chi connectivity index (χ1) is 12.6. The average molecular weight is 367 g/mol. The van der Waals surface area contributed by atoms with E-state index >= 15 is 0 Å². The van der Waals surface area contributed by atoms with Gasteiger partial charge in [-0.3, -0.25) is 4.79 Å². The van der Waals surface area contributed by atoms with E-state index in [0.717, 1.165) is 28.2 Å². The zero-order valence-corrected chi connectivity index (χ0v) is 15.7. The molecule has 2 heterocycles. The minimum absolute atomic E-state index is 0.159. The van der Waals surface area contributed by atoms with Gasteiger partial charge in [-0.15, -0.1) is 11.3 Å². The van der Waals surface area contributed by atoms with Crippen molar-refractivity contribution in [3.63, 3.8) is 0 Å². The topological polar surface area (TPSA) is 68.0 Å². The molecule has 0 unspecified atom stereocenters. The zero-order valence-electron chi connectivity index (χ0n) is 14.9. The Morgan fingerprint density at radius 2 is 2.00 bits per heavy atom. The molecule has 26 heavy (non-hydrogen) atoms. The highest BCUT2D eigenvalue weighted by molar-refractivity contribution is 7.15. The quantitative estimate of drug-likeness (QED) is 0.690. The Balaban J connectivity index is 1.45. The number of hydrogen-bond acceptors (Lipinski definition) is 5. The van der Waals surface area contributed by atoms with Crippen LogP contribution in [-0.4, -0.2) is 16.0 Å². The van der Waals surface area contributed by atoms with Crippen LogP contribution in [0.3, 0.4) is 0 Å². The van der Waals surface area contributed by atoms with Crippen LogP contribution in [0.4, 0.5) is 0 Å². The van der Waals surface area contributed by atoms with Crippen LogP contribution in [0.1, 0.15) is 43.0 Å². The van der Waals surface area contributed by atoms with Crippen molar-refractivity contribution in [3.8, 4) is 22.2 Å². The second kappa shape index (κ2) is 7.03. The molecule has 1 aliphatic rings. The summed E-state index contributed by atoms with van der Waals surface area (Å²) in [6, 6.07) is 12.2. The molecule has 5 nitrogen and oxygen atoms in total. The molecule has 4 rings (SSSR count). The molecule has 0 bridgehead atoms. The number of amides is 1. The number of hydrogen-bond donors (Lipinski definition) is 1. The second-order valence-electron chi connectivity index (χ2n) is 6.96. The Bertz CT molecular complexity index is 907. The highest BCUT2D eigenvalue weighted by atomic mass is 32.1. The van der Waals surface area contributed by atoms with Gasteiger partial charge < -0.3 is 9.84 Å². The minimum Gasteiger partial charge on any atom is -0.351 e. The van der Waals surface area contributed by atoms with Crippen molar-refractivity contribution in [2.75, 3.05) is 0 Å². The van der Waals surface area contributed by atoms with E-state index in [-0.39, 0.29) is 11.8 Å². The predicted molar refractivity (Wildman–Crippen MR) is 102 cm³/mol. The van der Waals surface area contributed by atoms with Gasteiger partial charge in [-0.05, 0) is 48.6 Å². The summed E-state index contributed by atoms with van der Waals surface area (Å²) >= 11 is 1.58.